The molecule has 4 rings (SSSR count). The molecule has 2 aliphatic rings. The van der Waals surface area contributed by atoms with Crippen LogP contribution in [-0.2, 0) is 6.42 Å². The van der Waals surface area contributed by atoms with Gasteiger partial charge in [0.05, 0.1) is 5.52 Å². The molecule has 0 N–H and O–H groups in total. The maximum Gasteiger partial charge on any atom is 0.0534 e. The van der Waals surface area contributed by atoms with Crippen LogP contribution in [0.1, 0.15) is 5.56 Å². The zero-order valence-electron chi connectivity index (χ0n) is 10.0. The lowest BCUT2D eigenvalue weighted by molar-refractivity contribution is 1.16. The van der Waals surface area contributed by atoms with Crippen LogP contribution in [0, 0.1) is 0 Å². The molecule has 86 valence electrons. The predicted molar refractivity (Wildman–Crippen MR) is 77.4 cm³/mol. The maximum atomic E-state index is 2.32. The van der Waals surface area contributed by atoms with E-state index in [2.05, 4.69) is 71.5 Å². The summed E-state index contributed by atoms with van der Waals surface area (Å²) < 4.78 is 2.25. The van der Waals surface area contributed by atoms with Crippen LogP contribution in [-0.4, -0.2) is 4.57 Å². The van der Waals surface area contributed by atoms with E-state index in [9.17, 15) is 0 Å². The molecular formula is C17H13N. The van der Waals surface area contributed by atoms with Gasteiger partial charge in [-0.25, -0.2) is 0 Å². The van der Waals surface area contributed by atoms with Crippen LogP contribution in [0.2, 0.25) is 0 Å². The Kier molecular flexibility index (Phi) is 1.95. The molecule has 0 spiro atoms. The number of fused-ring (bicyclic) bond motifs is 4. The van der Waals surface area contributed by atoms with Crippen LogP contribution in [0.4, 0.5) is 0 Å². The Bertz CT molecular complexity index is 842. The first-order valence-electron chi connectivity index (χ1n) is 6.28. The van der Waals surface area contributed by atoms with Gasteiger partial charge < -0.3 is 4.57 Å². The van der Waals surface area contributed by atoms with Crippen LogP contribution >= 0.6 is 0 Å². The van der Waals surface area contributed by atoms with Crippen molar-refractivity contribution in [3.8, 4) is 0 Å². The standard InChI is InChI=1S/C17H13N/c1-2-8-16-11-15-10-13-6-3-4-7-14(13)12-17(15)18(16)9-5-1/h1-5,7-12H,6H2. The van der Waals surface area contributed by atoms with Crippen LogP contribution in [0.3, 0.4) is 0 Å². The van der Waals surface area contributed by atoms with Gasteiger partial charge in [0.15, 0.2) is 0 Å². The highest BCUT2D eigenvalue weighted by molar-refractivity contribution is 5.84. The van der Waals surface area contributed by atoms with E-state index in [0.29, 0.717) is 0 Å². The molecule has 1 aromatic carbocycles. The first kappa shape index (κ1) is 9.72. The topological polar surface area (TPSA) is 4.93 Å². The number of nitrogens with zero attached hydrogens (tertiary/aromatic N) is 1. The highest BCUT2D eigenvalue weighted by Gasteiger charge is 2.06. The molecule has 0 atom stereocenters. The number of allylic oxidation sites excluding steroid dienone is 5. The highest BCUT2D eigenvalue weighted by atomic mass is 14.9. The molecule has 0 bridgehead atoms. The monoisotopic (exact) mass is 231 g/mol. The summed E-state index contributed by atoms with van der Waals surface area (Å²) in [5.74, 6) is 0. The van der Waals surface area contributed by atoms with Crippen LogP contribution in [0.25, 0.3) is 29.3 Å². The number of hydrogen-bond donors (Lipinski definition) is 0. The fourth-order valence-electron chi connectivity index (χ4n) is 2.71. The number of aromatic nitrogens is 1. The first-order valence-corrected chi connectivity index (χ1v) is 6.28. The van der Waals surface area contributed by atoms with Crippen LogP contribution in [0.5, 0.6) is 0 Å². The highest BCUT2D eigenvalue weighted by Crippen LogP contribution is 2.15. The average Bonchev–Trinajstić information content (AvgIpc) is 2.59. The zero-order valence-corrected chi connectivity index (χ0v) is 10.0. The third kappa shape index (κ3) is 1.34. The van der Waals surface area contributed by atoms with E-state index in [0.717, 1.165) is 6.42 Å². The van der Waals surface area contributed by atoms with Gasteiger partial charge in [0.2, 0.25) is 0 Å². The largest absolute Gasteiger partial charge is 0.317 e. The summed E-state index contributed by atoms with van der Waals surface area (Å²) in [6, 6.07) is 6.87. The summed E-state index contributed by atoms with van der Waals surface area (Å²) in [6.45, 7) is 0. The summed E-state index contributed by atoms with van der Waals surface area (Å²) in [5, 5.41) is 3.91. The van der Waals surface area contributed by atoms with Crippen LogP contribution < -0.4 is 10.6 Å². The van der Waals surface area contributed by atoms with Gasteiger partial charge in [0.25, 0.3) is 0 Å². The molecule has 2 aromatic rings. The quantitative estimate of drug-likeness (QED) is 0.656. The Balaban J connectivity index is 2.16. The second kappa shape index (κ2) is 3.61. The first-order chi connectivity index (χ1) is 8.92. The maximum absolute atomic E-state index is 2.32. The Morgan fingerprint density at radius 1 is 0.889 bits per heavy atom. The van der Waals surface area contributed by atoms with Gasteiger partial charge in [-0.2, -0.15) is 0 Å². The van der Waals surface area contributed by atoms with E-state index in [1.54, 1.807) is 0 Å². The minimum absolute atomic E-state index is 1.04. The van der Waals surface area contributed by atoms with E-state index in [1.807, 2.05) is 0 Å². The average molecular weight is 231 g/mol. The van der Waals surface area contributed by atoms with Crippen molar-refractivity contribution in [3.05, 3.63) is 64.7 Å². The molecule has 0 radical (unpaired) electrons. The molecule has 18 heavy (non-hydrogen) atoms. The van der Waals surface area contributed by atoms with E-state index < -0.39 is 0 Å². The van der Waals surface area contributed by atoms with Gasteiger partial charge in [-0.05, 0) is 47.6 Å². The number of rotatable bonds is 0. The van der Waals surface area contributed by atoms with Crippen molar-refractivity contribution in [2.24, 2.45) is 0 Å². The second-order valence-corrected chi connectivity index (χ2v) is 4.74. The van der Waals surface area contributed by atoms with Crippen molar-refractivity contribution in [1.82, 2.24) is 4.57 Å². The minimum atomic E-state index is 1.04. The van der Waals surface area contributed by atoms with Gasteiger partial charge in [0.1, 0.15) is 0 Å². The summed E-state index contributed by atoms with van der Waals surface area (Å²) in [5.41, 5.74) is 2.71. The van der Waals surface area contributed by atoms with E-state index in [4.69, 9.17) is 0 Å². The lowest BCUT2D eigenvalue weighted by Crippen LogP contribution is -2.12. The van der Waals surface area contributed by atoms with Crippen molar-refractivity contribution in [1.29, 1.82) is 0 Å². The summed E-state index contributed by atoms with van der Waals surface area (Å²) in [4.78, 5) is 0. The number of hydrogen-bond acceptors (Lipinski definition) is 0. The molecule has 0 fully saturated rings. The number of benzene rings is 1. The van der Waals surface area contributed by atoms with Crippen molar-refractivity contribution in [2.75, 3.05) is 0 Å². The molecule has 1 nitrogen and oxygen atoms in total. The normalized spacial score (nSPS) is 15.8. The van der Waals surface area contributed by atoms with E-state index in [1.165, 1.54) is 27.0 Å². The summed E-state index contributed by atoms with van der Waals surface area (Å²) in [7, 11) is 0. The SMILES string of the molecule is C1=CC=c2cc3cc4c(cc3n2C=C1)=CC=CC4. The second-order valence-electron chi connectivity index (χ2n) is 4.74. The van der Waals surface area contributed by atoms with E-state index >= 15 is 0 Å². The third-order valence-electron chi connectivity index (χ3n) is 3.60. The zero-order chi connectivity index (χ0) is 11.9. The molecule has 0 unspecified atom stereocenters. The molecule has 1 heteroatoms. The molecule has 0 saturated heterocycles. The Morgan fingerprint density at radius 2 is 1.89 bits per heavy atom. The van der Waals surface area contributed by atoms with Gasteiger partial charge in [0, 0.05) is 16.9 Å². The lowest BCUT2D eigenvalue weighted by atomic mass is 10.0. The lowest BCUT2D eigenvalue weighted by Gasteiger charge is -2.05. The summed E-state index contributed by atoms with van der Waals surface area (Å²) >= 11 is 0. The minimum Gasteiger partial charge on any atom is -0.317 e. The van der Waals surface area contributed by atoms with Gasteiger partial charge in [-0.15, -0.1) is 0 Å². The Morgan fingerprint density at radius 3 is 2.89 bits per heavy atom. The molecular weight excluding hydrogens is 218 g/mol. The smallest absolute Gasteiger partial charge is 0.0534 e. The van der Waals surface area contributed by atoms with Crippen molar-refractivity contribution < 1.29 is 0 Å². The Labute approximate surface area is 105 Å². The van der Waals surface area contributed by atoms with Crippen molar-refractivity contribution in [3.63, 3.8) is 0 Å². The third-order valence-corrected chi connectivity index (χ3v) is 3.60. The molecule has 1 aliphatic carbocycles. The molecule has 2 heterocycles. The molecule has 0 amide bonds. The molecule has 1 aromatic heterocycles. The molecule has 0 saturated carbocycles. The van der Waals surface area contributed by atoms with Crippen molar-refractivity contribution >= 4 is 29.3 Å². The van der Waals surface area contributed by atoms with Gasteiger partial charge in [-0.3, -0.25) is 0 Å². The van der Waals surface area contributed by atoms with Gasteiger partial charge >= 0.3 is 0 Å². The van der Waals surface area contributed by atoms with Gasteiger partial charge in [-0.1, -0.05) is 30.4 Å². The predicted octanol–water partition coefficient (Wildman–Crippen LogP) is 2.36. The fraction of sp³-hybridized carbons (Fsp3) is 0.0588. The van der Waals surface area contributed by atoms with E-state index in [-0.39, 0.29) is 0 Å². The molecule has 1 aliphatic heterocycles. The fourth-order valence-corrected chi connectivity index (χ4v) is 2.71. The van der Waals surface area contributed by atoms with Crippen LogP contribution in [0.15, 0.2) is 48.6 Å². The Hall–Kier alpha value is -2.28. The van der Waals surface area contributed by atoms with Crippen molar-refractivity contribution in [2.45, 2.75) is 6.42 Å². The summed E-state index contributed by atoms with van der Waals surface area (Å²) in [6.07, 6.45) is 18.1.